The maximum Gasteiger partial charge on any atom is 0.356 e. The first-order valence-corrected chi connectivity index (χ1v) is 9.34. The van der Waals surface area contributed by atoms with E-state index in [0.29, 0.717) is 33.4 Å². The standard InChI is InChI=1S/C22H13Cl2FN2O2/c23-15-8-4-7-14(11-15)20-19(22(28)29)26-21(13-5-2-1-3-6-13)27(20)16-9-10-18(25)17(24)12-16/h1-12H,(H,28,29). The number of carboxylic acids is 1. The minimum absolute atomic E-state index is 0.0795. The van der Waals surface area contributed by atoms with Gasteiger partial charge in [0.2, 0.25) is 0 Å². The van der Waals surface area contributed by atoms with E-state index in [1.54, 1.807) is 28.8 Å². The third-order valence-electron chi connectivity index (χ3n) is 4.37. The van der Waals surface area contributed by atoms with Crippen LogP contribution in [0.2, 0.25) is 10.0 Å². The monoisotopic (exact) mass is 426 g/mol. The molecule has 0 spiro atoms. The van der Waals surface area contributed by atoms with Crippen molar-refractivity contribution in [1.82, 2.24) is 9.55 Å². The quantitative estimate of drug-likeness (QED) is 0.413. The molecule has 1 aromatic heterocycles. The molecule has 4 nitrogen and oxygen atoms in total. The zero-order valence-electron chi connectivity index (χ0n) is 14.8. The van der Waals surface area contributed by atoms with Crippen LogP contribution in [0.3, 0.4) is 0 Å². The van der Waals surface area contributed by atoms with Crippen molar-refractivity contribution in [3.8, 4) is 28.3 Å². The summed E-state index contributed by atoms with van der Waals surface area (Å²) in [6, 6.07) is 20.1. The molecule has 29 heavy (non-hydrogen) atoms. The zero-order chi connectivity index (χ0) is 20.5. The number of halogens is 3. The van der Waals surface area contributed by atoms with Crippen LogP contribution in [0.1, 0.15) is 10.5 Å². The third-order valence-corrected chi connectivity index (χ3v) is 4.90. The summed E-state index contributed by atoms with van der Waals surface area (Å²) in [4.78, 5) is 16.4. The summed E-state index contributed by atoms with van der Waals surface area (Å²) in [6.45, 7) is 0. The lowest BCUT2D eigenvalue weighted by molar-refractivity contribution is 0.0692. The molecule has 1 heterocycles. The van der Waals surface area contributed by atoms with Gasteiger partial charge in [0.15, 0.2) is 5.69 Å². The van der Waals surface area contributed by atoms with Crippen LogP contribution in [-0.2, 0) is 0 Å². The van der Waals surface area contributed by atoms with Gasteiger partial charge in [0.1, 0.15) is 11.6 Å². The fraction of sp³-hybridized carbons (Fsp3) is 0. The maximum atomic E-state index is 13.8. The minimum atomic E-state index is -1.19. The van der Waals surface area contributed by atoms with Gasteiger partial charge in [0.25, 0.3) is 0 Å². The molecule has 0 radical (unpaired) electrons. The number of aromatic carboxylic acids is 1. The Kier molecular flexibility index (Phi) is 5.09. The van der Waals surface area contributed by atoms with Crippen LogP contribution in [0.25, 0.3) is 28.3 Å². The van der Waals surface area contributed by atoms with Gasteiger partial charge in [-0.25, -0.2) is 14.2 Å². The van der Waals surface area contributed by atoms with E-state index in [1.807, 2.05) is 30.3 Å². The van der Waals surface area contributed by atoms with E-state index in [2.05, 4.69) is 4.98 Å². The molecular formula is C22H13Cl2FN2O2. The van der Waals surface area contributed by atoms with Crippen LogP contribution < -0.4 is 0 Å². The number of nitrogens with zero attached hydrogens (tertiary/aromatic N) is 2. The Morgan fingerprint density at radius 1 is 0.931 bits per heavy atom. The molecule has 1 N–H and O–H groups in total. The summed E-state index contributed by atoms with van der Waals surface area (Å²) in [7, 11) is 0. The second-order valence-corrected chi connectivity index (χ2v) is 7.09. The van der Waals surface area contributed by atoms with Gasteiger partial charge in [-0.15, -0.1) is 0 Å². The predicted molar refractivity (Wildman–Crippen MR) is 111 cm³/mol. The van der Waals surface area contributed by atoms with Crippen LogP contribution >= 0.6 is 23.2 Å². The van der Waals surface area contributed by atoms with E-state index in [9.17, 15) is 14.3 Å². The molecule has 0 bridgehead atoms. The fourth-order valence-corrected chi connectivity index (χ4v) is 3.49. The number of hydrogen-bond donors (Lipinski definition) is 1. The minimum Gasteiger partial charge on any atom is -0.476 e. The maximum absolute atomic E-state index is 13.8. The number of rotatable bonds is 4. The van der Waals surface area contributed by atoms with Crippen molar-refractivity contribution in [2.75, 3.05) is 0 Å². The molecule has 0 aliphatic rings. The zero-order valence-corrected chi connectivity index (χ0v) is 16.3. The van der Waals surface area contributed by atoms with Crippen molar-refractivity contribution in [2.24, 2.45) is 0 Å². The topological polar surface area (TPSA) is 55.1 Å². The van der Waals surface area contributed by atoms with E-state index in [0.717, 1.165) is 0 Å². The number of benzene rings is 3. The van der Waals surface area contributed by atoms with Crippen LogP contribution in [0, 0.1) is 5.82 Å². The number of aromatic nitrogens is 2. The van der Waals surface area contributed by atoms with Gasteiger partial charge in [-0.1, -0.05) is 65.7 Å². The molecule has 0 unspecified atom stereocenters. The van der Waals surface area contributed by atoms with Gasteiger partial charge in [-0.05, 0) is 30.3 Å². The van der Waals surface area contributed by atoms with Crippen molar-refractivity contribution >= 4 is 29.2 Å². The van der Waals surface area contributed by atoms with Crippen molar-refractivity contribution in [1.29, 1.82) is 0 Å². The van der Waals surface area contributed by atoms with E-state index < -0.39 is 11.8 Å². The summed E-state index contributed by atoms with van der Waals surface area (Å²) in [6.07, 6.45) is 0. The SMILES string of the molecule is O=C(O)c1nc(-c2ccccc2)n(-c2ccc(F)c(Cl)c2)c1-c1cccc(Cl)c1. The van der Waals surface area contributed by atoms with Gasteiger partial charge in [0, 0.05) is 21.8 Å². The molecule has 0 atom stereocenters. The summed E-state index contributed by atoms with van der Waals surface area (Å²) in [5, 5.41) is 10.2. The van der Waals surface area contributed by atoms with Gasteiger partial charge in [0.05, 0.1) is 10.7 Å². The van der Waals surface area contributed by atoms with Crippen LogP contribution in [0.15, 0.2) is 72.8 Å². The lowest BCUT2D eigenvalue weighted by Crippen LogP contribution is -2.03. The lowest BCUT2D eigenvalue weighted by atomic mass is 10.1. The molecule has 0 saturated carbocycles. The Balaban J connectivity index is 2.11. The first kappa shape index (κ1) is 19.2. The Bertz CT molecular complexity index is 1220. The number of carbonyl (C=O) groups is 1. The predicted octanol–water partition coefficient (Wildman–Crippen LogP) is 6.35. The molecule has 0 amide bonds. The highest BCUT2D eigenvalue weighted by molar-refractivity contribution is 6.31. The first-order valence-electron chi connectivity index (χ1n) is 8.58. The van der Waals surface area contributed by atoms with Gasteiger partial charge in [-0.2, -0.15) is 0 Å². The molecule has 0 aliphatic heterocycles. The summed E-state index contributed by atoms with van der Waals surface area (Å²) in [5.41, 5.74) is 1.91. The second kappa shape index (κ2) is 7.70. The molecule has 0 fully saturated rings. The fourth-order valence-electron chi connectivity index (χ4n) is 3.13. The molecule has 3 aromatic carbocycles. The van der Waals surface area contributed by atoms with Crippen molar-refractivity contribution in [3.63, 3.8) is 0 Å². The average Bonchev–Trinajstić information content (AvgIpc) is 3.12. The van der Waals surface area contributed by atoms with Crippen molar-refractivity contribution in [3.05, 3.63) is 94.4 Å². The molecule has 4 rings (SSSR count). The van der Waals surface area contributed by atoms with Crippen LogP contribution in [-0.4, -0.2) is 20.6 Å². The molecule has 0 saturated heterocycles. The smallest absolute Gasteiger partial charge is 0.356 e. The van der Waals surface area contributed by atoms with E-state index >= 15 is 0 Å². The Morgan fingerprint density at radius 2 is 1.66 bits per heavy atom. The molecule has 4 aromatic rings. The highest BCUT2D eigenvalue weighted by atomic mass is 35.5. The van der Waals surface area contributed by atoms with E-state index in [-0.39, 0.29) is 10.7 Å². The van der Waals surface area contributed by atoms with Crippen LogP contribution in [0.4, 0.5) is 4.39 Å². The van der Waals surface area contributed by atoms with E-state index in [4.69, 9.17) is 23.2 Å². The average molecular weight is 427 g/mol. The summed E-state index contributed by atoms with van der Waals surface area (Å²) >= 11 is 12.2. The number of imidazole rings is 1. The molecular weight excluding hydrogens is 414 g/mol. The summed E-state index contributed by atoms with van der Waals surface area (Å²) < 4.78 is 15.4. The first-order chi connectivity index (χ1) is 14.0. The molecule has 7 heteroatoms. The highest BCUT2D eigenvalue weighted by Gasteiger charge is 2.25. The van der Waals surface area contributed by atoms with Gasteiger partial charge in [-0.3, -0.25) is 4.57 Å². The Hall–Kier alpha value is -3.15. The Morgan fingerprint density at radius 3 is 2.31 bits per heavy atom. The summed E-state index contributed by atoms with van der Waals surface area (Å²) in [5.74, 6) is -1.37. The third kappa shape index (κ3) is 3.62. The van der Waals surface area contributed by atoms with Crippen molar-refractivity contribution < 1.29 is 14.3 Å². The second-order valence-electron chi connectivity index (χ2n) is 6.25. The number of hydrogen-bond acceptors (Lipinski definition) is 2. The number of carboxylic acid groups (broad SMARTS) is 1. The lowest BCUT2D eigenvalue weighted by Gasteiger charge is -2.14. The molecule has 0 aliphatic carbocycles. The van der Waals surface area contributed by atoms with Gasteiger partial charge >= 0.3 is 5.97 Å². The normalized spacial score (nSPS) is 10.9. The largest absolute Gasteiger partial charge is 0.476 e. The van der Waals surface area contributed by atoms with E-state index in [1.165, 1.54) is 18.2 Å². The highest BCUT2D eigenvalue weighted by Crippen LogP contribution is 2.35. The Labute approximate surface area is 175 Å². The van der Waals surface area contributed by atoms with Crippen molar-refractivity contribution in [2.45, 2.75) is 0 Å². The molecule has 144 valence electrons. The van der Waals surface area contributed by atoms with Crippen LogP contribution in [0.5, 0.6) is 0 Å². The van der Waals surface area contributed by atoms with Gasteiger partial charge < -0.3 is 5.11 Å².